The van der Waals surface area contributed by atoms with Gasteiger partial charge in [-0.2, -0.15) is 0 Å². The number of pyridine rings is 1. The summed E-state index contributed by atoms with van der Waals surface area (Å²) in [6, 6.07) is 10.1. The van der Waals surface area contributed by atoms with Crippen LogP contribution in [0, 0.1) is 0 Å². The summed E-state index contributed by atoms with van der Waals surface area (Å²) < 4.78 is 0. The third-order valence-electron chi connectivity index (χ3n) is 4.27. The van der Waals surface area contributed by atoms with Gasteiger partial charge < -0.3 is 10.0 Å². The average molecular weight is 256 g/mol. The van der Waals surface area contributed by atoms with E-state index in [1.807, 2.05) is 18.2 Å². The van der Waals surface area contributed by atoms with E-state index >= 15 is 0 Å². The SMILES string of the molecule is CCN1CCC(O)(c2ccc3ncccc3c2)CC1. The van der Waals surface area contributed by atoms with Gasteiger partial charge in [0.1, 0.15) is 0 Å². The maximum Gasteiger partial charge on any atom is 0.0921 e. The molecule has 3 heteroatoms. The summed E-state index contributed by atoms with van der Waals surface area (Å²) in [5, 5.41) is 12.0. The molecule has 2 aromatic rings. The van der Waals surface area contributed by atoms with Gasteiger partial charge in [0.2, 0.25) is 0 Å². The first-order valence-electron chi connectivity index (χ1n) is 7.01. The molecule has 1 fully saturated rings. The molecule has 1 saturated heterocycles. The molecule has 0 amide bonds. The lowest BCUT2D eigenvalue weighted by Gasteiger charge is -2.38. The highest BCUT2D eigenvalue weighted by Crippen LogP contribution is 2.33. The van der Waals surface area contributed by atoms with Crippen molar-refractivity contribution in [3.63, 3.8) is 0 Å². The number of benzene rings is 1. The van der Waals surface area contributed by atoms with E-state index in [0.29, 0.717) is 0 Å². The van der Waals surface area contributed by atoms with Crippen molar-refractivity contribution in [1.82, 2.24) is 9.88 Å². The highest BCUT2D eigenvalue weighted by Gasteiger charge is 2.33. The molecule has 19 heavy (non-hydrogen) atoms. The second-order valence-corrected chi connectivity index (χ2v) is 5.38. The number of rotatable bonds is 2. The minimum atomic E-state index is -0.671. The van der Waals surface area contributed by atoms with Gasteiger partial charge in [0, 0.05) is 24.7 Å². The zero-order valence-electron chi connectivity index (χ0n) is 11.3. The topological polar surface area (TPSA) is 36.4 Å². The minimum Gasteiger partial charge on any atom is -0.385 e. The van der Waals surface area contributed by atoms with Gasteiger partial charge in [-0.1, -0.05) is 19.1 Å². The van der Waals surface area contributed by atoms with Crippen molar-refractivity contribution in [3.05, 3.63) is 42.1 Å². The molecule has 3 nitrogen and oxygen atoms in total. The Morgan fingerprint density at radius 3 is 2.79 bits per heavy atom. The van der Waals surface area contributed by atoms with Crippen molar-refractivity contribution in [2.75, 3.05) is 19.6 Å². The van der Waals surface area contributed by atoms with E-state index < -0.39 is 5.60 Å². The normalized spacial score (nSPS) is 19.7. The molecule has 100 valence electrons. The van der Waals surface area contributed by atoms with Gasteiger partial charge in [-0.15, -0.1) is 0 Å². The maximum absolute atomic E-state index is 10.9. The quantitative estimate of drug-likeness (QED) is 0.897. The smallest absolute Gasteiger partial charge is 0.0921 e. The Labute approximate surface area is 113 Å². The number of hydrogen-bond donors (Lipinski definition) is 1. The van der Waals surface area contributed by atoms with E-state index in [0.717, 1.165) is 48.9 Å². The summed E-state index contributed by atoms with van der Waals surface area (Å²) in [4.78, 5) is 6.71. The molecule has 0 radical (unpaired) electrons. The Hall–Kier alpha value is -1.45. The first kappa shape index (κ1) is 12.6. The van der Waals surface area contributed by atoms with Gasteiger partial charge in [-0.05, 0) is 43.1 Å². The van der Waals surface area contributed by atoms with E-state index in [9.17, 15) is 5.11 Å². The number of nitrogens with zero attached hydrogens (tertiary/aromatic N) is 2. The summed E-state index contributed by atoms with van der Waals surface area (Å²) in [5.74, 6) is 0. The van der Waals surface area contributed by atoms with Crippen LogP contribution in [0.4, 0.5) is 0 Å². The maximum atomic E-state index is 10.9. The highest BCUT2D eigenvalue weighted by atomic mass is 16.3. The Kier molecular flexibility index (Phi) is 3.25. The molecule has 3 rings (SSSR count). The monoisotopic (exact) mass is 256 g/mol. The van der Waals surface area contributed by atoms with Gasteiger partial charge in [-0.25, -0.2) is 0 Å². The third kappa shape index (κ3) is 2.36. The predicted molar refractivity (Wildman–Crippen MR) is 77.0 cm³/mol. The van der Waals surface area contributed by atoms with Gasteiger partial charge in [0.25, 0.3) is 0 Å². The van der Waals surface area contributed by atoms with Crippen molar-refractivity contribution in [2.24, 2.45) is 0 Å². The largest absolute Gasteiger partial charge is 0.385 e. The Balaban J connectivity index is 1.91. The fourth-order valence-corrected chi connectivity index (χ4v) is 2.89. The molecule has 0 saturated carbocycles. The van der Waals surface area contributed by atoms with Crippen LogP contribution in [0.3, 0.4) is 0 Å². The molecule has 1 aromatic heterocycles. The molecular weight excluding hydrogens is 236 g/mol. The predicted octanol–water partition coefficient (Wildman–Crippen LogP) is 2.54. The molecule has 0 atom stereocenters. The Bertz CT molecular complexity index is 574. The summed E-state index contributed by atoms with van der Waals surface area (Å²) in [6.07, 6.45) is 3.43. The average Bonchev–Trinajstić information content (AvgIpc) is 2.47. The lowest BCUT2D eigenvalue weighted by molar-refractivity contribution is -0.0246. The van der Waals surface area contributed by atoms with E-state index in [-0.39, 0.29) is 0 Å². The molecular formula is C16H20N2O. The van der Waals surface area contributed by atoms with E-state index in [1.54, 1.807) is 6.20 Å². The van der Waals surface area contributed by atoms with Crippen molar-refractivity contribution < 1.29 is 5.11 Å². The van der Waals surface area contributed by atoms with Crippen LogP contribution < -0.4 is 0 Å². The van der Waals surface area contributed by atoms with Gasteiger partial charge in [0.05, 0.1) is 11.1 Å². The van der Waals surface area contributed by atoms with Crippen LogP contribution in [0.2, 0.25) is 0 Å². The number of aliphatic hydroxyl groups is 1. The molecule has 1 aliphatic rings. The van der Waals surface area contributed by atoms with E-state index in [1.165, 1.54) is 0 Å². The molecule has 0 bridgehead atoms. The van der Waals surface area contributed by atoms with Crippen molar-refractivity contribution in [1.29, 1.82) is 0 Å². The molecule has 0 unspecified atom stereocenters. The van der Waals surface area contributed by atoms with Crippen LogP contribution in [-0.2, 0) is 5.60 Å². The van der Waals surface area contributed by atoms with Gasteiger partial charge >= 0.3 is 0 Å². The number of hydrogen-bond acceptors (Lipinski definition) is 3. The lowest BCUT2D eigenvalue weighted by Crippen LogP contribution is -2.42. The van der Waals surface area contributed by atoms with Crippen molar-refractivity contribution in [2.45, 2.75) is 25.4 Å². The summed E-state index contributed by atoms with van der Waals surface area (Å²) in [7, 11) is 0. The number of fused-ring (bicyclic) bond motifs is 1. The van der Waals surface area contributed by atoms with E-state index in [2.05, 4.69) is 28.9 Å². The first-order chi connectivity index (χ1) is 9.21. The zero-order valence-corrected chi connectivity index (χ0v) is 11.3. The molecule has 1 aromatic carbocycles. The van der Waals surface area contributed by atoms with Crippen LogP contribution in [0.15, 0.2) is 36.5 Å². The fraction of sp³-hybridized carbons (Fsp3) is 0.438. The first-order valence-corrected chi connectivity index (χ1v) is 7.01. The van der Waals surface area contributed by atoms with Crippen LogP contribution in [0.5, 0.6) is 0 Å². The van der Waals surface area contributed by atoms with Crippen LogP contribution in [-0.4, -0.2) is 34.6 Å². The van der Waals surface area contributed by atoms with Gasteiger partial charge in [-0.3, -0.25) is 4.98 Å². The van der Waals surface area contributed by atoms with Crippen molar-refractivity contribution >= 4 is 10.9 Å². The van der Waals surface area contributed by atoms with E-state index in [4.69, 9.17) is 0 Å². The number of likely N-dealkylation sites (tertiary alicyclic amines) is 1. The summed E-state index contributed by atoms with van der Waals surface area (Å²) >= 11 is 0. The lowest BCUT2D eigenvalue weighted by atomic mass is 9.84. The van der Waals surface area contributed by atoms with Crippen LogP contribution >= 0.6 is 0 Å². The van der Waals surface area contributed by atoms with Crippen LogP contribution in [0.1, 0.15) is 25.3 Å². The Morgan fingerprint density at radius 2 is 2.05 bits per heavy atom. The molecule has 1 N–H and O–H groups in total. The standard InChI is InChI=1S/C16H20N2O/c1-2-18-10-7-16(19,8-11-18)14-5-6-15-13(12-14)4-3-9-17-15/h3-6,9,12,19H,2,7-8,10-11H2,1H3. The zero-order chi connectivity index (χ0) is 13.3. The second-order valence-electron chi connectivity index (χ2n) is 5.38. The third-order valence-corrected chi connectivity index (χ3v) is 4.27. The van der Waals surface area contributed by atoms with Crippen LogP contribution in [0.25, 0.3) is 10.9 Å². The highest BCUT2D eigenvalue weighted by molar-refractivity contribution is 5.79. The van der Waals surface area contributed by atoms with Crippen molar-refractivity contribution in [3.8, 4) is 0 Å². The molecule has 0 aliphatic carbocycles. The molecule has 0 spiro atoms. The molecule has 2 heterocycles. The summed E-state index contributed by atoms with van der Waals surface area (Å²) in [5.41, 5.74) is 1.35. The fourth-order valence-electron chi connectivity index (χ4n) is 2.89. The minimum absolute atomic E-state index is 0.671. The van der Waals surface area contributed by atoms with Gasteiger partial charge in [0.15, 0.2) is 0 Å². The molecule has 1 aliphatic heterocycles. The second kappa shape index (κ2) is 4.91. The summed E-state index contributed by atoms with van der Waals surface area (Å²) in [6.45, 7) is 5.18. The Morgan fingerprint density at radius 1 is 1.26 bits per heavy atom. The number of aromatic nitrogens is 1. The number of piperidine rings is 1.